The first-order valence-corrected chi connectivity index (χ1v) is 8.71. The maximum Gasteiger partial charge on any atom is 0.326 e. The molecule has 7 heteroatoms. The smallest absolute Gasteiger partial charge is 0.326 e. The molecule has 1 radical (unpaired) electrons. The zero-order chi connectivity index (χ0) is 17.5. The van der Waals surface area contributed by atoms with Crippen molar-refractivity contribution in [2.75, 3.05) is 0 Å². The number of carbonyl (C=O) groups excluding carboxylic acids is 1. The Bertz CT molecular complexity index is 363. The Morgan fingerprint density at radius 2 is 1.33 bits per heavy atom. The van der Waals surface area contributed by atoms with E-state index in [1.165, 1.54) is 38.5 Å². The fourth-order valence-electron chi connectivity index (χ4n) is 2.39. The van der Waals surface area contributed by atoms with Crippen LogP contribution in [0.1, 0.15) is 84.0 Å². The van der Waals surface area contributed by atoms with Crippen LogP contribution in [0.2, 0.25) is 0 Å². The molecule has 0 aromatic carbocycles. The third-order valence-electron chi connectivity index (χ3n) is 3.79. The quantitative estimate of drug-likeness (QED) is 0.304. The van der Waals surface area contributed by atoms with Crippen LogP contribution in [0.5, 0.6) is 0 Å². The number of rotatable bonds is 15. The number of carbonyl (C=O) groups is 3. The third-order valence-corrected chi connectivity index (χ3v) is 3.79. The standard InChI is InChI=1S/C17H31NO5.K/c1-2-3-4-5-6-7-8-9-10-11-15(19)18-14(17(22)23)12-13-16(20)21;/h14H,2-13H2,1H3,(H,18,19)(H,20,21)(H,22,23);/t14-;/m0./s1. The molecule has 6 nitrogen and oxygen atoms in total. The largest absolute Gasteiger partial charge is 0.481 e. The van der Waals surface area contributed by atoms with Crippen molar-refractivity contribution in [3.8, 4) is 0 Å². The molecule has 0 saturated heterocycles. The molecule has 0 aliphatic rings. The number of unbranched alkanes of at least 4 members (excludes halogenated alkanes) is 8. The van der Waals surface area contributed by atoms with Gasteiger partial charge in [0.15, 0.2) is 0 Å². The Hall–Kier alpha value is 0.0464. The predicted octanol–water partition coefficient (Wildman–Crippen LogP) is 2.96. The molecule has 0 fully saturated rings. The molecule has 0 spiro atoms. The second-order valence-electron chi connectivity index (χ2n) is 5.97. The van der Waals surface area contributed by atoms with Gasteiger partial charge < -0.3 is 15.5 Å². The minimum Gasteiger partial charge on any atom is -0.481 e. The number of carboxylic acids is 2. The molecule has 0 aromatic rings. The van der Waals surface area contributed by atoms with Crippen LogP contribution < -0.4 is 5.32 Å². The van der Waals surface area contributed by atoms with Gasteiger partial charge in [-0.1, -0.05) is 58.3 Å². The maximum atomic E-state index is 11.7. The summed E-state index contributed by atoms with van der Waals surface area (Å²) in [6.07, 6.45) is 10.3. The van der Waals surface area contributed by atoms with Gasteiger partial charge in [-0.05, 0) is 12.8 Å². The molecule has 0 heterocycles. The number of amides is 1. The van der Waals surface area contributed by atoms with E-state index in [0.717, 1.165) is 19.3 Å². The molecular weight excluding hydrogens is 337 g/mol. The zero-order valence-electron chi connectivity index (χ0n) is 15.2. The van der Waals surface area contributed by atoms with E-state index in [-0.39, 0.29) is 70.1 Å². The molecule has 0 saturated carbocycles. The third kappa shape index (κ3) is 16.9. The topological polar surface area (TPSA) is 104 Å². The number of carboxylic acid groups (broad SMARTS) is 2. The normalized spacial score (nSPS) is 11.4. The fraction of sp³-hybridized carbons (Fsp3) is 0.824. The molecule has 0 rings (SSSR count). The second-order valence-corrected chi connectivity index (χ2v) is 5.97. The van der Waals surface area contributed by atoms with Crippen molar-refractivity contribution in [2.45, 2.75) is 90.0 Å². The van der Waals surface area contributed by atoms with E-state index >= 15 is 0 Å². The summed E-state index contributed by atoms with van der Waals surface area (Å²) in [7, 11) is 0. The van der Waals surface area contributed by atoms with E-state index in [0.29, 0.717) is 6.42 Å². The molecule has 3 N–H and O–H groups in total. The van der Waals surface area contributed by atoms with Gasteiger partial charge in [0.2, 0.25) is 5.91 Å². The van der Waals surface area contributed by atoms with Gasteiger partial charge in [0.25, 0.3) is 0 Å². The SMILES string of the molecule is CCCCCCCCCCCC(=O)N[C@@H](CCC(=O)O)C(=O)O.[K]. The van der Waals surface area contributed by atoms with Gasteiger partial charge in [-0.15, -0.1) is 0 Å². The Kier molecular flexibility index (Phi) is 19.6. The number of hydrogen-bond donors (Lipinski definition) is 3. The summed E-state index contributed by atoms with van der Waals surface area (Å²) < 4.78 is 0. The van der Waals surface area contributed by atoms with Gasteiger partial charge in [-0.3, -0.25) is 9.59 Å². The van der Waals surface area contributed by atoms with Gasteiger partial charge in [0.05, 0.1) is 0 Å². The number of hydrogen-bond acceptors (Lipinski definition) is 3. The van der Waals surface area contributed by atoms with Crippen LogP contribution >= 0.6 is 0 Å². The van der Waals surface area contributed by atoms with E-state index in [4.69, 9.17) is 10.2 Å². The Labute approximate surface area is 187 Å². The first-order valence-electron chi connectivity index (χ1n) is 8.71. The molecule has 1 amide bonds. The van der Waals surface area contributed by atoms with Crippen molar-refractivity contribution in [1.29, 1.82) is 0 Å². The van der Waals surface area contributed by atoms with E-state index in [9.17, 15) is 14.4 Å². The van der Waals surface area contributed by atoms with Crippen molar-refractivity contribution in [2.24, 2.45) is 0 Å². The average Bonchev–Trinajstić information content (AvgIpc) is 2.49. The summed E-state index contributed by atoms with van der Waals surface area (Å²) in [5.74, 6) is -2.57. The zero-order valence-corrected chi connectivity index (χ0v) is 18.3. The maximum absolute atomic E-state index is 11.7. The average molecular weight is 369 g/mol. The van der Waals surface area contributed by atoms with E-state index in [1.54, 1.807) is 0 Å². The van der Waals surface area contributed by atoms with Crippen molar-refractivity contribution in [3.05, 3.63) is 0 Å². The van der Waals surface area contributed by atoms with E-state index in [2.05, 4.69) is 12.2 Å². The Morgan fingerprint density at radius 3 is 1.79 bits per heavy atom. The first-order chi connectivity index (χ1) is 11.0. The van der Waals surface area contributed by atoms with Crippen LogP contribution in [-0.2, 0) is 14.4 Å². The number of aliphatic carboxylic acids is 2. The summed E-state index contributed by atoms with van der Waals surface area (Å²) in [5.41, 5.74) is 0. The monoisotopic (exact) mass is 368 g/mol. The van der Waals surface area contributed by atoms with Gasteiger partial charge in [0.1, 0.15) is 6.04 Å². The summed E-state index contributed by atoms with van der Waals surface area (Å²) in [6, 6.07) is -1.11. The molecular formula is C17H31KNO5. The molecule has 0 bridgehead atoms. The second kappa shape index (κ2) is 17.9. The molecule has 0 aromatic heterocycles. The van der Waals surface area contributed by atoms with Crippen LogP contribution in [0.15, 0.2) is 0 Å². The summed E-state index contributed by atoms with van der Waals surface area (Å²) in [4.78, 5) is 33.1. The van der Waals surface area contributed by atoms with Crippen molar-refractivity contribution in [1.82, 2.24) is 5.32 Å². The van der Waals surface area contributed by atoms with E-state index < -0.39 is 18.0 Å². The van der Waals surface area contributed by atoms with Crippen molar-refractivity contribution in [3.63, 3.8) is 0 Å². The van der Waals surface area contributed by atoms with Crippen LogP contribution in [0.25, 0.3) is 0 Å². The van der Waals surface area contributed by atoms with Crippen LogP contribution in [0, 0.1) is 0 Å². The Morgan fingerprint density at radius 1 is 0.833 bits per heavy atom. The van der Waals surface area contributed by atoms with E-state index in [1.807, 2.05) is 0 Å². The molecule has 1 atom stereocenters. The van der Waals surface area contributed by atoms with Crippen LogP contribution in [0.4, 0.5) is 0 Å². The van der Waals surface area contributed by atoms with Crippen LogP contribution in [0.3, 0.4) is 0 Å². The fourth-order valence-corrected chi connectivity index (χ4v) is 2.39. The Balaban J connectivity index is 0. The van der Waals surface area contributed by atoms with Gasteiger partial charge in [0, 0.05) is 64.2 Å². The van der Waals surface area contributed by atoms with Crippen molar-refractivity contribution < 1.29 is 24.6 Å². The van der Waals surface area contributed by atoms with Crippen LogP contribution in [-0.4, -0.2) is 85.5 Å². The molecule has 24 heavy (non-hydrogen) atoms. The minimum atomic E-state index is -1.19. The van der Waals surface area contributed by atoms with Gasteiger partial charge in [-0.2, -0.15) is 0 Å². The molecule has 135 valence electrons. The molecule has 0 aliphatic heterocycles. The van der Waals surface area contributed by atoms with Gasteiger partial charge >= 0.3 is 11.9 Å². The summed E-state index contributed by atoms with van der Waals surface area (Å²) in [5, 5.41) is 19.9. The minimum absolute atomic E-state index is 0. The molecule has 0 aliphatic carbocycles. The van der Waals surface area contributed by atoms with Crippen molar-refractivity contribution >= 4 is 69.2 Å². The predicted molar refractivity (Wildman–Crippen MR) is 94.0 cm³/mol. The molecule has 0 unspecified atom stereocenters. The van der Waals surface area contributed by atoms with Gasteiger partial charge in [-0.25, -0.2) is 4.79 Å². The first kappa shape index (κ1) is 26.3. The summed E-state index contributed by atoms with van der Waals surface area (Å²) in [6.45, 7) is 2.20. The number of nitrogens with one attached hydrogen (secondary N) is 1. The summed E-state index contributed by atoms with van der Waals surface area (Å²) >= 11 is 0.